The molecule has 2 heterocycles. The molecule has 1 N–H and O–H groups in total. The summed E-state index contributed by atoms with van der Waals surface area (Å²) in [7, 11) is 0. The van der Waals surface area contributed by atoms with Crippen molar-refractivity contribution in [2.45, 2.75) is 38.1 Å². The van der Waals surface area contributed by atoms with E-state index in [-0.39, 0.29) is 17.6 Å². The van der Waals surface area contributed by atoms with Gasteiger partial charge < -0.3 is 5.32 Å². The van der Waals surface area contributed by atoms with Gasteiger partial charge in [0, 0.05) is 24.0 Å². The second-order valence-corrected chi connectivity index (χ2v) is 7.11. The number of amides is 1. The van der Waals surface area contributed by atoms with E-state index in [2.05, 4.69) is 20.6 Å². The maximum Gasteiger partial charge on any atom is 0.274 e. The molecule has 3 aromatic rings. The Balaban J connectivity index is 1.76. The van der Waals surface area contributed by atoms with Gasteiger partial charge in [-0.05, 0) is 37.1 Å². The van der Waals surface area contributed by atoms with Crippen LogP contribution in [-0.4, -0.2) is 31.9 Å². The molecule has 1 aliphatic rings. The number of para-hydroxylation sites is 1. The third-order valence-corrected chi connectivity index (χ3v) is 5.16. The standard InChI is InChI=1S/C20H20ClN5O/c21-16-10-4-5-11-17(16)26-19(14-7-6-12-22-13-14)18(24-25-26)20(27)23-15-8-2-1-3-9-15/h4-7,10-13,15H,1-3,8-9H2,(H,23,27). The summed E-state index contributed by atoms with van der Waals surface area (Å²) in [6.45, 7) is 0. The monoisotopic (exact) mass is 381 g/mol. The topological polar surface area (TPSA) is 72.7 Å². The van der Waals surface area contributed by atoms with Crippen LogP contribution in [0.25, 0.3) is 16.9 Å². The zero-order chi connectivity index (χ0) is 18.6. The van der Waals surface area contributed by atoms with Gasteiger partial charge in [-0.3, -0.25) is 9.78 Å². The summed E-state index contributed by atoms with van der Waals surface area (Å²) in [5.41, 5.74) is 2.30. The quantitative estimate of drug-likeness (QED) is 0.740. The van der Waals surface area contributed by atoms with Gasteiger partial charge in [0.05, 0.1) is 10.7 Å². The van der Waals surface area contributed by atoms with Gasteiger partial charge in [0.2, 0.25) is 0 Å². The summed E-state index contributed by atoms with van der Waals surface area (Å²) in [6.07, 6.45) is 8.92. The molecule has 0 bridgehead atoms. The number of pyridine rings is 1. The lowest BCUT2D eigenvalue weighted by molar-refractivity contribution is 0.0923. The Bertz CT molecular complexity index is 935. The number of carbonyl (C=O) groups excluding carboxylic acids is 1. The predicted octanol–water partition coefficient (Wildman–Crippen LogP) is 4.05. The third-order valence-electron chi connectivity index (χ3n) is 4.84. The molecule has 1 fully saturated rings. The van der Waals surface area contributed by atoms with Crippen molar-refractivity contribution in [3.63, 3.8) is 0 Å². The Morgan fingerprint density at radius 3 is 2.67 bits per heavy atom. The number of halogens is 1. The lowest BCUT2D eigenvalue weighted by Gasteiger charge is -2.22. The van der Waals surface area contributed by atoms with E-state index in [0.29, 0.717) is 16.4 Å². The number of aromatic nitrogens is 4. The molecule has 0 unspecified atom stereocenters. The van der Waals surface area contributed by atoms with Gasteiger partial charge in [0.25, 0.3) is 5.91 Å². The molecule has 138 valence electrons. The van der Waals surface area contributed by atoms with Crippen molar-refractivity contribution in [3.8, 4) is 16.9 Å². The van der Waals surface area contributed by atoms with Gasteiger partial charge in [-0.25, -0.2) is 4.68 Å². The van der Waals surface area contributed by atoms with E-state index in [1.165, 1.54) is 6.42 Å². The van der Waals surface area contributed by atoms with Crippen molar-refractivity contribution in [2.75, 3.05) is 0 Å². The highest BCUT2D eigenvalue weighted by molar-refractivity contribution is 6.32. The minimum absolute atomic E-state index is 0.193. The highest BCUT2D eigenvalue weighted by atomic mass is 35.5. The Morgan fingerprint density at radius 1 is 1.11 bits per heavy atom. The lowest BCUT2D eigenvalue weighted by Crippen LogP contribution is -2.36. The van der Waals surface area contributed by atoms with Crippen molar-refractivity contribution < 1.29 is 4.79 Å². The highest BCUT2D eigenvalue weighted by Gasteiger charge is 2.25. The molecule has 2 aromatic heterocycles. The fraction of sp³-hybridized carbons (Fsp3) is 0.300. The van der Waals surface area contributed by atoms with Gasteiger partial charge in [-0.15, -0.1) is 5.10 Å². The molecule has 1 aliphatic carbocycles. The zero-order valence-corrected chi connectivity index (χ0v) is 15.6. The summed E-state index contributed by atoms with van der Waals surface area (Å²) >= 11 is 6.36. The number of benzene rings is 1. The second kappa shape index (κ2) is 7.88. The Hall–Kier alpha value is -2.73. The van der Waals surface area contributed by atoms with Crippen LogP contribution >= 0.6 is 11.6 Å². The Kier molecular flexibility index (Phi) is 5.16. The van der Waals surface area contributed by atoms with Crippen LogP contribution < -0.4 is 5.32 Å². The van der Waals surface area contributed by atoms with Crippen molar-refractivity contribution in [3.05, 3.63) is 59.5 Å². The number of carbonyl (C=O) groups is 1. The summed E-state index contributed by atoms with van der Waals surface area (Å²) in [5, 5.41) is 12.1. The van der Waals surface area contributed by atoms with Crippen molar-refractivity contribution >= 4 is 17.5 Å². The van der Waals surface area contributed by atoms with Gasteiger partial charge in [-0.1, -0.05) is 48.2 Å². The maximum atomic E-state index is 13.0. The van der Waals surface area contributed by atoms with E-state index in [1.54, 1.807) is 23.1 Å². The molecule has 0 saturated heterocycles. The average Bonchev–Trinajstić information content (AvgIpc) is 3.15. The fourth-order valence-corrected chi connectivity index (χ4v) is 3.71. The molecule has 6 nitrogen and oxygen atoms in total. The summed E-state index contributed by atoms with van der Waals surface area (Å²) in [6, 6.07) is 11.3. The van der Waals surface area contributed by atoms with Gasteiger partial charge in [-0.2, -0.15) is 0 Å². The summed E-state index contributed by atoms with van der Waals surface area (Å²) in [4.78, 5) is 17.1. The molecule has 4 rings (SSSR count). The molecule has 0 aliphatic heterocycles. The molecule has 1 amide bonds. The number of nitrogens with one attached hydrogen (secondary N) is 1. The largest absolute Gasteiger partial charge is 0.348 e. The molecule has 0 spiro atoms. The minimum atomic E-state index is -0.209. The first-order chi connectivity index (χ1) is 13.2. The summed E-state index contributed by atoms with van der Waals surface area (Å²) < 4.78 is 1.61. The fourth-order valence-electron chi connectivity index (χ4n) is 3.49. The van der Waals surface area contributed by atoms with Crippen LogP contribution in [0, 0.1) is 0 Å². The smallest absolute Gasteiger partial charge is 0.274 e. The average molecular weight is 382 g/mol. The maximum absolute atomic E-state index is 13.0. The van der Waals surface area contributed by atoms with Crippen LogP contribution in [0.2, 0.25) is 5.02 Å². The van der Waals surface area contributed by atoms with E-state index in [4.69, 9.17) is 11.6 Å². The van der Waals surface area contributed by atoms with E-state index >= 15 is 0 Å². The van der Waals surface area contributed by atoms with Crippen molar-refractivity contribution in [1.29, 1.82) is 0 Å². The van der Waals surface area contributed by atoms with Crippen LogP contribution in [0.1, 0.15) is 42.6 Å². The SMILES string of the molecule is O=C(NC1CCCCC1)c1nnn(-c2ccccc2Cl)c1-c1cccnc1. The molecule has 1 saturated carbocycles. The third kappa shape index (κ3) is 3.71. The first kappa shape index (κ1) is 17.7. The van der Waals surface area contributed by atoms with Gasteiger partial charge in [0.1, 0.15) is 5.69 Å². The Labute approximate surface area is 162 Å². The number of hydrogen-bond donors (Lipinski definition) is 1. The molecule has 0 atom stereocenters. The van der Waals surface area contributed by atoms with Crippen LogP contribution in [0.3, 0.4) is 0 Å². The normalized spacial score (nSPS) is 14.9. The Morgan fingerprint density at radius 2 is 1.93 bits per heavy atom. The molecule has 27 heavy (non-hydrogen) atoms. The van der Waals surface area contributed by atoms with Crippen molar-refractivity contribution in [1.82, 2.24) is 25.3 Å². The van der Waals surface area contributed by atoms with E-state index in [9.17, 15) is 4.79 Å². The van der Waals surface area contributed by atoms with Gasteiger partial charge in [0.15, 0.2) is 5.69 Å². The van der Waals surface area contributed by atoms with Crippen LogP contribution in [0.15, 0.2) is 48.8 Å². The summed E-state index contributed by atoms with van der Waals surface area (Å²) in [5.74, 6) is -0.209. The van der Waals surface area contributed by atoms with E-state index in [1.807, 2.05) is 30.3 Å². The lowest BCUT2D eigenvalue weighted by atomic mass is 9.95. The molecule has 1 aromatic carbocycles. The number of hydrogen-bond acceptors (Lipinski definition) is 4. The highest BCUT2D eigenvalue weighted by Crippen LogP contribution is 2.28. The number of nitrogens with zero attached hydrogens (tertiary/aromatic N) is 4. The van der Waals surface area contributed by atoms with Crippen molar-refractivity contribution in [2.24, 2.45) is 0 Å². The van der Waals surface area contributed by atoms with Crippen LogP contribution in [-0.2, 0) is 0 Å². The van der Waals surface area contributed by atoms with E-state index < -0.39 is 0 Å². The molecular weight excluding hydrogens is 362 g/mol. The van der Waals surface area contributed by atoms with Crippen LogP contribution in [0.5, 0.6) is 0 Å². The minimum Gasteiger partial charge on any atom is -0.348 e. The van der Waals surface area contributed by atoms with Gasteiger partial charge >= 0.3 is 0 Å². The number of rotatable bonds is 4. The molecule has 0 radical (unpaired) electrons. The molecular formula is C20H20ClN5O. The molecule has 7 heteroatoms. The van der Waals surface area contributed by atoms with Crippen LogP contribution in [0.4, 0.5) is 0 Å². The van der Waals surface area contributed by atoms with E-state index in [0.717, 1.165) is 31.2 Å². The second-order valence-electron chi connectivity index (χ2n) is 6.70. The predicted molar refractivity (Wildman–Crippen MR) is 104 cm³/mol. The first-order valence-electron chi connectivity index (χ1n) is 9.16. The zero-order valence-electron chi connectivity index (χ0n) is 14.8. The first-order valence-corrected chi connectivity index (χ1v) is 9.53.